The van der Waals surface area contributed by atoms with Gasteiger partial charge in [0.05, 0.1) is 7.11 Å². The van der Waals surface area contributed by atoms with Gasteiger partial charge in [-0.25, -0.2) is 0 Å². The third kappa shape index (κ3) is 4.40. The van der Waals surface area contributed by atoms with E-state index >= 15 is 0 Å². The van der Waals surface area contributed by atoms with Gasteiger partial charge in [0.2, 0.25) is 0 Å². The van der Waals surface area contributed by atoms with Crippen LogP contribution in [0.1, 0.15) is 34.0 Å². The van der Waals surface area contributed by atoms with Crippen LogP contribution in [0.3, 0.4) is 0 Å². The van der Waals surface area contributed by atoms with Gasteiger partial charge in [0.1, 0.15) is 17.6 Å². The van der Waals surface area contributed by atoms with E-state index in [0.717, 1.165) is 34.6 Å². The monoisotopic (exact) mass is 388 g/mol. The fourth-order valence-electron chi connectivity index (χ4n) is 3.60. The summed E-state index contributed by atoms with van der Waals surface area (Å²) in [6.45, 7) is 3.03. The zero-order valence-corrected chi connectivity index (χ0v) is 16.7. The molecule has 5 nitrogen and oxygen atoms in total. The van der Waals surface area contributed by atoms with E-state index in [9.17, 15) is 4.79 Å². The summed E-state index contributed by atoms with van der Waals surface area (Å²) >= 11 is 0. The highest BCUT2D eigenvalue weighted by molar-refractivity contribution is 5.94. The van der Waals surface area contributed by atoms with E-state index in [1.165, 1.54) is 0 Å². The molecule has 1 aliphatic heterocycles. The minimum atomic E-state index is -0.00739. The van der Waals surface area contributed by atoms with E-state index in [4.69, 9.17) is 9.47 Å². The molecule has 5 heteroatoms. The van der Waals surface area contributed by atoms with Crippen molar-refractivity contribution in [2.24, 2.45) is 0 Å². The molecular weight excluding hydrogens is 364 g/mol. The van der Waals surface area contributed by atoms with Gasteiger partial charge in [-0.2, -0.15) is 0 Å². The molecule has 2 heterocycles. The summed E-state index contributed by atoms with van der Waals surface area (Å²) in [4.78, 5) is 19.4. The number of ether oxygens (including phenoxy) is 2. The van der Waals surface area contributed by atoms with Gasteiger partial charge in [0.15, 0.2) is 0 Å². The summed E-state index contributed by atoms with van der Waals surface area (Å²) in [6.07, 6.45) is 4.52. The van der Waals surface area contributed by atoms with Crippen molar-refractivity contribution < 1.29 is 14.3 Å². The molecule has 4 rings (SSSR count). The normalized spacial score (nSPS) is 14.8. The van der Waals surface area contributed by atoms with Crippen LogP contribution < -0.4 is 9.47 Å². The molecule has 1 amide bonds. The van der Waals surface area contributed by atoms with Crippen molar-refractivity contribution in [1.82, 2.24) is 9.88 Å². The first-order valence-corrected chi connectivity index (χ1v) is 9.73. The van der Waals surface area contributed by atoms with E-state index in [-0.39, 0.29) is 12.0 Å². The van der Waals surface area contributed by atoms with Crippen molar-refractivity contribution in [3.8, 4) is 11.5 Å². The van der Waals surface area contributed by atoms with Crippen LogP contribution in [-0.4, -0.2) is 29.0 Å². The van der Waals surface area contributed by atoms with Gasteiger partial charge in [0, 0.05) is 37.5 Å². The number of carbonyl (C=O) groups is 1. The molecule has 29 heavy (non-hydrogen) atoms. The van der Waals surface area contributed by atoms with Crippen LogP contribution in [0.25, 0.3) is 0 Å². The van der Waals surface area contributed by atoms with Gasteiger partial charge in [-0.15, -0.1) is 0 Å². The predicted molar refractivity (Wildman–Crippen MR) is 111 cm³/mol. The molecule has 0 saturated carbocycles. The predicted octanol–water partition coefficient (Wildman–Crippen LogP) is 4.26. The number of methoxy groups -OCH3 is 1. The Balaban J connectivity index is 1.60. The van der Waals surface area contributed by atoms with Crippen molar-refractivity contribution >= 4 is 5.91 Å². The van der Waals surface area contributed by atoms with E-state index in [2.05, 4.69) is 4.98 Å². The molecule has 2 aromatic carbocycles. The summed E-state index contributed by atoms with van der Waals surface area (Å²) in [5.74, 6) is 1.67. The van der Waals surface area contributed by atoms with Gasteiger partial charge in [0.25, 0.3) is 5.91 Å². The molecule has 0 spiro atoms. The van der Waals surface area contributed by atoms with Crippen LogP contribution in [0.5, 0.6) is 11.5 Å². The van der Waals surface area contributed by atoms with E-state index in [0.29, 0.717) is 18.7 Å². The topological polar surface area (TPSA) is 51.7 Å². The number of amides is 1. The molecule has 0 aliphatic carbocycles. The summed E-state index contributed by atoms with van der Waals surface area (Å²) in [5, 5.41) is 0. The van der Waals surface area contributed by atoms with Gasteiger partial charge in [-0.3, -0.25) is 9.78 Å². The molecule has 0 unspecified atom stereocenters. The van der Waals surface area contributed by atoms with Crippen LogP contribution >= 0.6 is 0 Å². The van der Waals surface area contributed by atoms with Gasteiger partial charge < -0.3 is 14.4 Å². The summed E-state index contributed by atoms with van der Waals surface area (Å²) in [6, 6.07) is 17.4. The highest BCUT2D eigenvalue weighted by Gasteiger charge is 2.23. The molecule has 0 N–H and O–H groups in total. The largest absolute Gasteiger partial charge is 0.497 e. The Bertz CT molecular complexity index is 987. The number of hydrogen-bond donors (Lipinski definition) is 0. The Kier molecular flexibility index (Phi) is 5.47. The molecule has 148 valence electrons. The zero-order chi connectivity index (χ0) is 20.2. The fourth-order valence-corrected chi connectivity index (χ4v) is 3.60. The van der Waals surface area contributed by atoms with Gasteiger partial charge >= 0.3 is 0 Å². The first-order chi connectivity index (χ1) is 14.1. The number of carbonyl (C=O) groups excluding carboxylic acids is 1. The number of fused-ring (bicyclic) bond motifs is 1. The maximum atomic E-state index is 13.4. The third-order valence-electron chi connectivity index (χ3n) is 5.06. The van der Waals surface area contributed by atoms with Gasteiger partial charge in [-0.05, 0) is 60.0 Å². The summed E-state index contributed by atoms with van der Waals surface area (Å²) < 4.78 is 11.0. The summed E-state index contributed by atoms with van der Waals surface area (Å²) in [7, 11) is 1.64. The second-order valence-corrected chi connectivity index (χ2v) is 7.33. The molecule has 1 atom stereocenters. The standard InChI is InChI=1S/C24H24N2O3/c1-17-12-21-13-20(7-10-23(21)29-17)24(27)26(16-19-4-3-11-25-14-19)15-18-5-8-22(28-2)9-6-18/h3-11,13-14,17H,12,15-16H2,1-2H3/t17-/m1/s1. The van der Waals surface area contributed by atoms with Crippen molar-refractivity contribution in [3.63, 3.8) is 0 Å². The van der Waals surface area contributed by atoms with Crippen LogP contribution in [0, 0.1) is 0 Å². The Labute approximate surface area is 170 Å². The smallest absolute Gasteiger partial charge is 0.254 e. The number of hydrogen-bond acceptors (Lipinski definition) is 4. The maximum Gasteiger partial charge on any atom is 0.254 e. The van der Waals surface area contributed by atoms with E-state index in [1.54, 1.807) is 19.5 Å². The second kappa shape index (κ2) is 8.35. The quantitative estimate of drug-likeness (QED) is 0.633. The Morgan fingerprint density at radius 3 is 2.66 bits per heavy atom. The minimum absolute atomic E-state index is 0.00739. The van der Waals surface area contributed by atoms with Crippen molar-refractivity contribution in [2.45, 2.75) is 32.5 Å². The van der Waals surface area contributed by atoms with Crippen LogP contribution in [-0.2, 0) is 19.5 Å². The molecular formula is C24H24N2O3. The van der Waals surface area contributed by atoms with Crippen LogP contribution in [0.4, 0.5) is 0 Å². The van der Waals surface area contributed by atoms with Crippen LogP contribution in [0.15, 0.2) is 67.0 Å². The molecule has 1 aromatic heterocycles. The highest BCUT2D eigenvalue weighted by atomic mass is 16.5. The Morgan fingerprint density at radius 1 is 1.14 bits per heavy atom. The number of pyridine rings is 1. The number of aromatic nitrogens is 1. The minimum Gasteiger partial charge on any atom is -0.497 e. The Hall–Kier alpha value is -3.34. The number of rotatable bonds is 6. The van der Waals surface area contributed by atoms with Gasteiger partial charge in [-0.1, -0.05) is 18.2 Å². The molecule has 0 radical (unpaired) electrons. The lowest BCUT2D eigenvalue weighted by atomic mass is 10.1. The maximum absolute atomic E-state index is 13.4. The summed E-state index contributed by atoms with van der Waals surface area (Å²) in [5.41, 5.74) is 3.81. The first-order valence-electron chi connectivity index (χ1n) is 9.73. The lowest BCUT2D eigenvalue weighted by Crippen LogP contribution is -2.30. The average Bonchev–Trinajstić information content (AvgIpc) is 3.13. The molecule has 0 saturated heterocycles. The number of benzene rings is 2. The highest BCUT2D eigenvalue weighted by Crippen LogP contribution is 2.30. The van der Waals surface area contributed by atoms with Crippen LogP contribution in [0.2, 0.25) is 0 Å². The third-order valence-corrected chi connectivity index (χ3v) is 5.06. The molecule has 3 aromatic rings. The van der Waals surface area contributed by atoms with Crippen molar-refractivity contribution in [2.75, 3.05) is 7.11 Å². The first kappa shape index (κ1) is 19.0. The fraction of sp³-hybridized carbons (Fsp3) is 0.250. The van der Waals surface area contributed by atoms with Crippen molar-refractivity contribution in [3.05, 3.63) is 89.2 Å². The zero-order valence-electron chi connectivity index (χ0n) is 16.7. The van der Waals surface area contributed by atoms with E-state index < -0.39 is 0 Å². The average molecular weight is 388 g/mol. The second-order valence-electron chi connectivity index (χ2n) is 7.33. The SMILES string of the molecule is COc1ccc(CN(Cc2cccnc2)C(=O)c2ccc3c(c2)C[C@@H](C)O3)cc1. The lowest BCUT2D eigenvalue weighted by molar-refractivity contribution is 0.0730. The number of nitrogens with zero attached hydrogens (tertiary/aromatic N) is 2. The van der Waals surface area contributed by atoms with Crippen molar-refractivity contribution in [1.29, 1.82) is 0 Å². The lowest BCUT2D eigenvalue weighted by Gasteiger charge is -2.23. The molecule has 1 aliphatic rings. The molecule has 0 fully saturated rings. The van der Waals surface area contributed by atoms with E-state index in [1.807, 2.05) is 66.4 Å². The molecule has 0 bridgehead atoms. The Morgan fingerprint density at radius 2 is 1.93 bits per heavy atom.